The van der Waals surface area contributed by atoms with Crippen LogP contribution in [0.2, 0.25) is 0 Å². The second-order valence-electron chi connectivity index (χ2n) is 14.1. The molecule has 37 heavy (non-hydrogen) atoms. The van der Waals surface area contributed by atoms with Crippen molar-refractivity contribution < 1.29 is 34.0 Å². The number of cyclic esters (lactones) is 1. The molecule has 7 heteroatoms. The summed E-state index contributed by atoms with van der Waals surface area (Å²) >= 11 is 0. The van der Waals surface area contributed by atoms with Crippen LogP contribution >= 0.6 is 0 Å². The fourth-order valence-corrected chi connectivity index (χ4v) is 10.6. The monoisotopic (exact) mass is 516 g/mol. The van der Waals surface area contributed by atoms with Gasteiger partial charge in [-0.1, -0.05) is 19.9 Å². The average Bonchev–Trinajstić information content (AvgIpc) is 3.31. The number of aliphatic hydroxyl groups excluding tert-OH is 1. The van der Waals surface area contributed by atoms with E-state index >= 15 is 0 Å². The Morgan fingerprint density at radius 1 is 1.08 bits per heavy atom. The molecule has 0 bridgehead atoms. The van der Waals surface area contributed by atoms with Crippen molar-refractivity contribution >= 4 is 11.9 Å². The highest BCUT2D eigenvalue weighted by atomic mass is 16.6. The molecule has 0 amide bonds. The highest BCUT2D eigenvalue weighted by Crippen LogP contribution is 2.72. The normalized spacial score (nSPS) is 51.1. The molecule has 0 unspecified atom stereocenters. The van der Waals surface area contributed by atoms with Crippen LogP contribution in [0.5, 0.6) is 0 Å². The van der Waals surface area contributed by atoms with E-state index in [1.807, 2.05) is 6.08 Å². The van der Waals surface area contributed by atoms with Crippen LogP contribution in [0.25, 0.3) is 0 Å². The van der Waals surface area contributed by atoms with E-state index in [0.29, 0.717) is 18.4 Å². The lowest BCUT2D eigenvalue weighted by atomic mass is 9.46. The van der Waals surface area contributed by atoms with Crippen LogP contribution < -0.4 is 0 Å². The van der Waals surface area contributed by atoms with E-state index in [4.69, 9.17) is 14.2 Å². The molecule has 0 radical (unpaired) electrons. The van der Waals surface area contributed by atoms with Crippen LogP contribution in [0, 0.1) is 34.5 Å². The van der Waals surface area contributed by atoms with Gasteiger partial charge in [0.05, 0.1) is 17.6 Å². The van der Waals surface area contributed by atoms with Gasteiger partial charge in [0.2, 0.25) is 0 Å². The highest BCUT2D eigenvalue weighted by molar-refractivity contribution is 5.88. The second-order valence-corrected chi connectivity index (χ2v) is 14.1. The Bertz CT molecular complexity index is 1030. The number of hydrogen-bond acceptors (Lipinski definition) is 7. The molecule has 3 heterocycles. The van der Waals surface area contributed by atoms with Crippen molar-refractivity contribution in [2.45, 2.75) is 121 Å². The maximum absolute atomic E-state index is 12.5. The predicted octanol–water partition coefficient (Wildman–Crippen LogP) is 4.08. The zero-order valence-corrected chi connectivity index (χ0v) is 23.0. The summed E-state index contributed by atoms with van der Waals surface area (Å²) < 4.78 is 18.4. The van der Waals surface area contributed by atoms with Gasteiger partial charge in [0.1, 0.15) is 17.8 Å². The lowest BCUT2D eigenvalue weighted by Crippen LogP contribution is -2.62. The Morgan fingerprint density at radius 3 is 2.51 bits per heavy atom. The number of carbonyl (C=O) groups is 2. The first-order valence-corrected chi connectivity index (χ1v) is 14.4. The van der Waals surface area contributed by atoms with Gasteiger partial charge in [-0.2, -0.15) is 0 Å². The van der Waals surface area contributed by atoms with Crippen LogP contribution in [0.4, 0.5) is 0 Å². The summed E-state index contributed by atoms with van der Waals surface area (Å²) in [6.07, 6.45) is 7.65. The third kappa shape index (κ3) is 3.29. The lowest BCUT2D eigenvalue weighted by Gasteiger charge is -2.61. The predicted molar refractivity (Wildman–Crippen MR) is 135 cm³/mol. The van der Waals surface area contributed by atoms with Gasteiger partial charge in [0.15, 0.2) is 0 Å². The Hall–Kier alpha value is -1.44. The average molecular weight is 517 g/mol. The van der Waals surface area contributed by atoms with Crippen molar-refractivity contribution in [3.05, 3.63) is 11.6 Å². The molecule has 3 aliphatic heterocycles. The van der Waals surface area contributed by atoms with Crippen molar-refractivity contribution in [1.82, 2.24) is 0 Å². The van der Waals surface area contributed by atoms with Gasteiger partial charge in [-0.15, -0.1) is 0 Å². The molecule has 6 rings (SSSR count). The Balaban J connectivity index is 1.35. The van der Waals surface area contributed by atoms with E-state index in [9.17, 15) is 19.8 Å². The molecule has 1 spiro atoms. The molecular formula is C30H44O7. The molecule has 5 fully saturated rings. The van der Waals surface area contributed by atoms with E-state index < -0.39 is 22.2 Å². The number of esters is 2. The number of hydrogen-bond donors (Lipinski definition) is 2. The minimum Gasteiger partial charge on any atom is -0.458 e. The summed E-state index contributed by atoms with van der Waals surface area (Å²) in [5.41, 5.74) is -2.19. The molecular weight excluding hydrogens is 472 g/mol. The largest absolute Gasteiger partial charge is 0.458 e. The standard InChI is InChI=1S/C30H44O7/c1-17-6-7-20(35-25(17)33)18(2)19-10-11-28(16-31)22-9-8-21-26(3,4)36-23-14-24(32)37-30(21,23)15-29(22,34)13-12-27(19,28)5/h6,18-23,31,34H,7-16H2,1-5H3/t18-,19-,20-,21-,22-,23+,27+,28+,29-,30+/m1/s1. The summed E-state index contributed by atoms with van der Waals surface area (Å²) in [6.45, 7) is 10.5. The van der Waals surface area contributed by atoms with E-state index in [0.717, 1.165) is 38.5 Å². The molecule has 2 saturated heterocycles. The van der Waals surface area contributed by atoms with Gasteiger partial charge >= 0.3 is 11.9 Å². The van der Waals surface area contributed by atoms with Crippen LogP contribution in [-0.2, 0) is 23.8 Å². The first-order valence-electron chi connectivity index (χ1n) is 14.4. The van der Waals surface area contributed by atoms with E-state index in [1.54, 1.807) is 6.92 Å². The number of fused-ring (bicyclic) bond motifs is 3. The third-order valence-corrected chi connectivity index (χ3v) is 12.4. The Kier molecular flexibility index (Phi) is 5.61. The maximum atomic E-state index is 12.5. The van der Waals surface area contributed by atoms with Crippen LogP contribution in [0.3, 0.4) is 0 Å². The van der Waals surface area contributed by atoms with E-state index in [-0.39, 0.29) is 66.3 Å². The summed E-state index contributed by atoms with van der Waals surface area (Å²) in [5, 5.41) is 23.6. The molecule has 7 nitrogen and oxygen atoms in total. The van der Waals surface area contributed by atoms with Gasteiger partial charge in [-0.05, 0) is 82.5 Å². The van der Waals surface area contributed by atoms with Crippen LogP contribution in [-0.4, -0.2) is 57.8 Å². The lowest BCUT2D eigenvalue weighted by molar-refractivity contribution is -0.210. The number of carbonyl (C=O) groups excluding carboxylic acids is 2. The maximum Gasteiger partial charge on any atom is 0.333 e. The number of aliphatic hydroxyl groups is 2. The van der Waals surface area contributed by atoms with Crippen molar-refractivity contribution in [3.8, 4) is 0 Å². The number of ether oxygens (including phenoxy) is 3. The first kappa shape index (κ1) is 25.8. The third-order valence-electron chi connectivity index (χ3n) is 12.4. The molecule has 3 aliphatic carbocycles. The van der Waals surface area contributed by atoms with Gasteiger partial charge in [-0.3, -0.25) is 4.79 Å². The first-order chi connectivity index (χ1) is 17.3. The molecule has 0 aromatic rings. The quantitative estimate of drug-likeness (QED) is 0.545. The SMILES string of the molecule is CC1=CC[C@H]([C@H](C)[C@H]2CC[C@]3(CO)[C@H]4CC[C@@H]5C(C)(C)O[C@H]6CC(=O)O[C@]65C[C@]4(O)CC[C@@]23C)OC1=O. The van der Waals surface area contributed by atoms with Crippen molar-refractivity contribution in [2.24, 2.45) is 34.5 Å². The Labute approximate surface area is 220 Å². The fourth-order valence-electron chi connectivity index (χ4n) is 10.6. The van der Waals surface area contributed by atoms with Crippen molar-refractivity contribution in [2.75, 3.05) is 6.61 Å². The minimum absolute atomic E-state index is 0.0147. The molecule has 6 aliphatic rings. The highest BCUT2D eigenvalue weighted by Gasteiger charge is 2.74. The van der Waals surface area contributed by atoms with Crippen molar-refractivity contribution in [1.29, 1.82) is 0 Å². The zero-order valence-electron chi connectivity index (χ0n) is 23.0. The molecule has 10 atom stereocenters. The molecule has 2 N–H and O–H groups in total. The molecule has 0 aromatic heterocycles. The van der Waals surface area contributed by atoms with Gasteiger partial charge in [0, 0.05) is 36.4 Å². The van der Waals surface area contributed by atoms with Gasteiger partial charge < -0.3 is 24.4 Å². The zero-order chi connectivity index (χ0) is 26.6. The second kappa shape index (κ2) is 8.04. The minimum atomic E-state index is -1.03. The topological polar surface area (TPSA) is 102 Å². The summed E-state index contributed by atoms with van der Waals surface area (Å²) in [4.78, 5) is 24.8. The van der Waals surface area contributed by atoms with E-state index in [1.165, 1.54) is 0 Å². The molecule has 3 saturated carbocycles. The smallest absolute Gasteiger partial charge is 0.333 e. The summed E-state index contributed by atoms with van der Waals surface area (Å²) in [5.74, 6) is -0.0850. The molecule has 0 aromatic carbocycles. The summed E-state index contributed by atoms with van der Waals surface area (Å²) in [7, 11) is 0. The van der Waals surface area contributed by atoms with Crippen LogP contribution in [0.1, 0.15) is 92.4 Å². The van der Waals surface area contributed by atoms with Crippen molar-refractivity contribution in [3.63, 3.8) is 0 Å². The number of rotatable bonds is 3. The fraction of sp³-hybridized carbons (Fsp3) is 0.867. The summed E-state index contributed by atoms with van der Waals surface area (Å²) in [6, 6.07) is 0. The Morgan fingerprint density at radius 2 is 1.81 bits per heavy atom. The van der Waals surface area contributed by atoms with Gasteiger partial charge in [0.25, 0.3) is 0 Å². The van der Waals surface area contributed by atoms with Gasteiger partial charge in [-0.25, -0.2) is 4.79 Å². The van der Waals surface area contributed by atoms with Crippen LogP contribution in [0.15, 0.2) is 11.6 Å². The van der Waals surface area contributed by atoms with E-state index in [2.05, 4.69) is 27.7 Å². The molecule has 206 valence electrons.